The number of halogens is 1. The Balaban J connectivity index is 2.36. The van der Waals surface area contributed by atoms with E-state index in [1.807, 2.05) is 12.1 Å². The summed E-state index contributed by atoms with van der Waals surface area (Å²) in [4.78, 5) is 0. The molecule has 2 N–H and O–H groups in total. The van der Waals surface area contributed by atoms with Crippen molar-refractivity contribution in [1.82, 2.24) is 0 Å². The molecule has 0 saturated carbocycles. The van der Waals surface area contributed by atoms with Gasteiger partial charge in [0.1, 0.15) is 11.6 Å². The Bertz CT molecular complexity index is 661. The lowest BCUT2D eigenvalue weighted by Gasteiger charge is -2.19. The first-order valence-corrected chi connectivity index (χ1v) is 7.37. The average Bonchev–Trinajstić information content (AvgIpc) is 2.58. The monoisotopic (exact) mass is 319 g/mol. The van der Waals surface area contributed by atoms with Crippen LogP contribution in [-0.2, 0) is 6.42 Å². The Morgan fingerprint density at radius 3 is 2.17 bits per heavy atom. The van der Waals surface area contributed by atoms with E-state index in [-0.39, 0.29) is 11.7 Å². The van der Waals surface area contributed by atoms with Crippen molar-refractivity contribution in [3.63, 3.8) is 0 Å². The summed E-state index contributed by atoms with van der Waals surface area (Å²) in [6.45, 7) is 0.404. The summed E-state index contributed by atoms with van der Waals surface area (Å²) in [6, 6.07) is 10.2. The average molecular weight is 319 g/mol. The number of hydrogen-bond donors (Lipinski definition) is 1. The first-order valence-electron chi connectivity index (χ1n) is 7.37. The minimum absolute atomic E-state index is 0.0160. The van der Waals surface area contributed by atoms with E-state index in [1.165, 1.54) is 12.1 Å². The molecule has 0 amide bonds. The number of rotatable bonds is 7. The van der Waals surface area contributed by atoms with Crippen LogP contribution in [-0.4, -0.2) is 27.9 Å². The molecule has 0 bridgehead atoms. The largest absolute Gasteiger partial charge is 0.496 e. The molecule has 0 aliphatic rings. The van der Waals surface area contributed by atoms with Crippen LogP contribution >= 0.6 is 0 Å². The second kappa shape index (κ2) is 7.83. The van der Waals surface area contributed by atoms with Gasteiger partial charge in [0.15, 0.2) is 11.5 Å². The number of methoxy groups -OCH3 is 3. The van der Waals surface area contributed by atoms with Gasteiger partial charge in [-0.3, -0.25) is 0 Å². The van der Waals surface area contributed by atoms with Crippen molar-refractivity contribution in [1.29, 1.82) is 0 Å². The first kappa shape index (κ1) is 17.1. The number of nitrogens with two attached hydrogens (primary N) is 1. The number of ether oxygens (including phenoxy) is 3. The van der Waals surface area contributed by atoms with Crippen LogP contribution in [0.1, 0.15) is 17.0 Å². The topological polar surface area (TPSA) is 53.7 Å². The van der Waals surface area contributed by atoms with Crippen LogP contribution < -0.4 is 19.9 Å². The predicted octanol–water partition coefficient (Wildman–Crippen LogP) is 3.14. The maximum atomic E-state index is 13.5. The molecule has 0 radical (unpaired) electrons. The Kier molecular flexibility index (Phi) is 5.82. The molecule has 4 nitrogen and oxygen atoms in total. The van der Waals surface area contributed by atoms with Gasteiger partial charge in [-0.05, 0) is 42.3 Å². The van der Waals surface area contributed by atoms with Crippen molar-refractivity contribution < 1.29 is 18.6 Å². The molecule has 2 rings (SSSR count). The van der Waals surface area contributed by atoms with E-state index >= 15 is 0 Å². The first-order chi connectivity index (χ1) is 11.1. The van der Waals surface area contributed by atoms with Gasteiger partial charge in [0.05, 0.1) is 21.3 Å². The summed E-state index contributed by atoms with van der Waals surface area (Å²) >= 11 is 0. The lowest BCUT2D eigenvalue weighted by Crippen LogP contribution is -2.15. The predicted molar refractivity (Wildman–Crippen MR) is 88.0 cm³/mol. The van der Waals surface area contributed by atoms with Crippen LogP contribution in [0, 0.1) is 5.82 Å². The molecule has 5 heteroatoms. The fourth-order valence-electron chi connectivity index (χ4n) is 2.62. The van der Waals surface area contributed by atoms with Crippen LogP contribution in [0.3, 0.4) is 0 Å². The zero-order chi connectivity index (χ0) is 16.8. The Morgan fingerprint density at radius 1 is 0.957 bits per heavy atom. The van der Waals surface area contributed by atoms with E-state index in [9.17, 15) is 4.39 Å². The summed E-state index contributed by atoms with van der Waals surface area (Å²) in [5, 5.41) is 0. The highest BCUT2D eigenvalue weighted by atomic mass is 19.1. The molecular weight excluding hydrogens is 297 g/mol. The molecule has 0 aliphatic heterocycles. The van der Waals surface area contributed by atoms with E-state index in [2.05, 4.69) is 0 Å². The molecule has 1 unspecified atom stereocenters. The summed E-state index contributed by atoms with van der Waals surface area (Å²) in [7, 11) is 4.76. The van der Waals surface area contributed by atoms with Crippen LogP contribution in [0.4, 0.5) is 4.39 Å². The standard InChI is InChI=1S/C18H22FNO3/c1-21-16-10-18(23-3)17(22-2)9-13(16)7-14(11-20)12-5-4-6-15(19)8-12/h4-6,8-10,14H,7,11,20H2,1-3H3. The molecule has 0 spiro atoms. The van der Waals surface area contributed by atoms with Crippen LogP contribution in [0.2, 0.25) is 0 Å². The van der Waals surface area contributed by atoms with Crippen molar-refractivity contribution in [3.8, 4) is 17.2 Å². The molecule has 0 heterocycles. The minimum Gasteiger partial charge on any atom is -0.496 e. The minimum atomic E-state index is -0.264. The zero-order valence-corrected chi connectivity index (χ0v) is 13.6. The van der Waals surface area contributed by atoms with Crippen molar-refractivity contribution in [2.45, 2.75) is 12.3 Å². The fourth-order valence-corrected chi connectivity index (χ4v) is 2.62. The third-order valence-electron chi connectivity index (χ3n) is 3.86. The van der Waals surface area contributed by atoms with E-state index < -0.39 is 0 Å². The molecule has 1 atom stereocenters. The SMILES string of the molecule is COc1cc(OC)c(OC)cc1CC(CN)c1cccc(F)c1. The van der Waals surface area contributed by atoms with E-state index in [4.69, 9.17) is 19.9 Å². The smallest absolute Gasteiger partial charge is 0.164 e. The van der Waals surface area contributed by atoms with Gasteiger partial charge in [-0.1, -0.05) is 12.1 Å². The Morgan fingerprint density at radius 2 is 1.61 bits per heavy atom. The molecule has 0 fully saturated rings. The lowest BCUT2D eigenvalue weighted by atomic mass is 9.91. The highest BCUT2D eigenvalue weighted by Gasteiger charge is 2.17. The molecule has 2 aromatic carbocycles. The van der Waals surface area contributed by atoms with Gasteiger partial charge in [-0.25, -0.2) is 4.39 Å². The molecule has 0 aliphatic carbocycles. The number of hydrogen-bond acceptors (Lipinski definition) is 4. The second-order valence-corrected chi connectivity index (χ2v) is 5.21. The molecular formula is C18H22FNO3. The molecule has 0 aromatic heterocycles. The van der Waals surface area contributed by atoms with E-state index in [0.717, 1.165) is 11.1 Å². The lowest BCUT2D eigenvalue weighted by molar-refractivity contribution is 0.347. The van der Waals surface area contributed by atoms with Gasteiger partial charge in [0.2, 0.25) is 0 Å². The van der Waals surface area contributed by atoms with Crippen molar-refractivity contribution in [3.05, 3.63) is 53.3 Å². The third kappa shape index (κ3) is 3.93. The van der Waals surface area contributed by atoms with Gasteiger partial charge >= 0.3 is 0 Å². The van der Waals surface area contributed by atoms with Crippen molar-refractivity contribution in [2.24, 2.45) is 5.73 Å². The second-order valence-electron chi connectivity index (χ2n) is 5.21. The van der Waals surface area contributed by atoms with Gasteiger partial charge in [0, 0.05) is 12.0 Å². The summed E-state index contributed by atoms with van der Waals surface area (Å²) in [6.07, 6.45) is 0.615. The molecule has 23 heavy (non-hydrogen) atoms. The highest BCUT2D eigenvalue weighted by molar-refractivity contribution is 5.51. The van der Waals surface area contributed by atoms with Crippen LogP contribution in [0.5, 0.6) is 17.2 Å². The maximum Gasteiger partial charge on any atom is 0.164 e. The van der Waals surface area contributed by atoms with Gasteiger partial charge in [-0.15, -0.1) is 0 Å². The summed E-state index contributed by atoms with van der Waals surface area (Å²) in [5.41, 5.74) is 7.70. The van der Waals surface area contributed by atoms with Crippen molar-refractivity contribution in [2.75, 3.05) is 27.9 Å². The maximum absolute atomic E-state index is 13.5. The normalized spacial score (nSPS) is 11.9. The van der Waals surface area contributed by atoms with Crippen LogP contribution in [0.25, 0.3) is 0 Å². The Hall–Kier alpha value is -2.27. The van der Waals surface area contributed by atoms with E-state index in [0.29, 0.717) is 30.2 Å². The molecule has 124 valence electrons. The molecule has 2 aromatic rings. The van der Waals surface area contributed by atoms with Gasteiger partial charge in [0.25, 0.3) is 0 Å². The Labute approximate surface area is 136 Å². The summed E-state index contributed by atoms with van der Waals surface area (Å²) in [5.74, 6) is 1.64. The summed E-state index contributed by atoms with van der Waals surface area (Å²) < 4.78 is 29.5. The van der Waals surface area contributed by atoms with Crippen LogP contribution in [0.15, 0.2) is 36.4 Å². The zero-order valence-electron chi connectivity index (χ0n) is 13.6. The van der Waals surface area contributed by atoms with Gasteiger partial charge < -0.3 is 19.9 Å². The highest BCUT2D eigenvalue weighted by Crippen LogP contribution is 2.36. The third-order valence-corrected chi connectivity index (χ3v) is 3.86. The molecule has 0 saturated heterocycles. The van der Waals surface area contributed by atoms with Gasteiger partial charge in [-0.2, -0.15) is 0 Å². The fraction of sp³-hybridized carbons (Fsp3) is 0.333. The number of benzene rings is 2. The van der Waals surface area contributed by atoms with E-state index in [1.54, 1.807) is 33.5 Å². The quantitative estimate of drug-likeness (QED) is 0.852. The van der Waals surface area contributed by atoms with Crippen molar-refractivity contribution >= 4 is 0 Å².